The van der Waals surface area contributed by atoms with Gasteiger partial charge in [0.15, 0.2) is 5.78 Å². The van der Waals surface area contributed by atoms with Crippen LogP contribution in [0.2, 0.25) is 0 Å². The minimum atomic E-state index is -0.434. The number of anilines is 1. The van der Waals surface area contributed by atoms with Gasteiger partial charge in [-0.2, -0.15) is 0 Å². The van der Waals surface area contributed by atoms with Crippen molar-refractivity contribution in [2.45, 2.75) is 6.92 Å². The molecule has 0 amide bonds. The zero-order chi connectivity index (χ0) is 25.9. The number of hydrogen-bond donors (Lipinski definition) is 1. The summed E-state index contributed by atoms with van der Waals surface area (Å²) in [4.78, 5) is 24.8. The van der Waals surface area contributed by atoms with E-state index in [1.165, 1.54) is 12.1 Å². The average Bonchev–Trinajstić information content (AvgIpc) is 2.93. The molecule has 37 heavy (non-hydrogen) atoms. The number of nitrogen functional groups attached to an aromatic ring is 1. The molecule has 180 valence electrons. The van der Waals surface area contributed by atoms with Crippen molar-refractivity contribution < 1.29 is 9.72 Å². The van der Waals surface area contributed by atoms with Crippen molar-refractivity contribution in [3.63, 3.8) is 0 Å². The predicted octanol–water partition coefficient (Wildman–Crippen LogP) is 7.72. The van der Waals surface area contributed by atoms with E-state index < -0.39 is 4.92 Å². The molecule has 0 aliphatic carbocycles. The van der Waals surface area contributed by atoms with Crippen molar-refractivity contribution in [2.24, 2.45) is 0 Å². The van der Waals surface area contributed by atoms with E-state index in [1.54, 1.807) is 24.3 Å². The molecule has 0 saturated heterocycles. The van der Waals surface area contributed by atoms with Crippen LogP contribution >= 0.6 is 0 Å². The van der Waals surface area contributed by atoms with Crippen LogP contribution in [0.1, 0.15) is 21.5 Å². The van der Waals surface area contributed by atoms with E-state index in [0.717, 1.165) is 27.8 Å². The largest absolute Gasteiger partial charge is 0.398 e. The first-order chi connectivity index (χ1) is 17.9. The lowest BCUT2D eigenvalue weighted by Gasteiger charge is -2.21. The van der Waals surface area contributed by atoms with Crippen molar-refractivity contribution in [2.75, 3.05) is 5.73 Å². The molecule has 0 aliphatic rings. The first-order valence-electron chi connectivity index (χ1n) is 11.9. The van der Waals surface area contributed by atoms with Gasteiger partial charge in [0.05, 0.1) is 16.2 Å². The second-order valence-corrected chi connectivity index (χ2v) is 8.87. The Morgan fingerprint density at radius 1 is 0.703 bits per heavy atom. The third-order valence-corrected chi connectivity index (χ3v) is 6.44. The molecule has 5 aromatic rings. The van der Waals surface area contributed by atoms with E-state index >= 15 is 0 Å². The van der Waals surface area contributed by atoms with Crippen LogP contribution in [-0.4, -0.2) is 10.7 Å². The van der Waals surface area contributed by atoms with Gasteiger partial charge in [-0.3, -0.25) is 14.9 Å². The van der Waals surface area contributed by atoms with Gasteiger partial charge in [0.2, 0.25) is 0 Å². The Morgan fingerprint density at radius 3 is 1.84 bits per heavy atom. The van der Waals surface area contributed by atoms with Crippen LogP contribution in [0.4, 0.5) is 11.4 Å². The highest BCUT2D eigenvalue weighted by Crippen LogP contribution is 2.44. The van der Waals surface area contributed by atoms with Crippen LogP contribution in [0.5, 0.6) is 0 Å². The summed E-state index contributed by atoms with van der Waals surface area (Å²) in [5, 5.41) is 11.3. The number of aryl methyl sites for hydroxylation is 1. The minimum Gasteiger partial charge on any atom is -0.398 e. The molecule has 0 atom stereocenters. The molecule has 0 fully saturated rings. The van der Waals surface area contributed by atoms with Crippen LogP contribution in [-0.2, 0) is 0 Å². The van der Waals surface area contributed by atoms with Crippen LogP contribution in [0.15, 0.2) is 115 Å². The van der Waals surface area contributed by atoms with Gasteiger partial charge in [0.25, 0.3) is 5.69 Å². The standard InChI is InChI=1S/C32H24N2O3/c1-21-12-14-23(15-13-21)28-20-27(22-8-4-2-5-9-22)29(24-16-18-26(19-17-24)34(36)37)31(33)30(28)32(35)25-10-6-3-7-11-25/h2-20H,33H2,1H3. The molecular formula is C32H24N2O3. The Balaban J connectivity index is 1.85. The second kappa shape index (κ2) is 9.91. The Bertz CT molecular complexity index is 1590. The summed E-state index contributed by atoms with van der Waals surface area (Å²) >= 11 is 0. The maximum absolute atomic E-state index is 13.9. The molecule has 0 saturated carbocycles. The average molecular weight is 485 g/mol. The Kier molecular flexibility index (Phi) is 6.35. The van der Waals surface area contributed by atoms with Gasteiger partial charge in [-0.05, 0) is 52.9 Å². The van der Waals surface area contributed by atoms with E-state index in [2.05, 4.69) is 0 Å². The first kappa shape index (κ1) is 23.7. The van der Waals surface area contributed by atoms with Gasteiger partial charge < -0.3 is 5.73 Å². The van der Waals surface area contributed by atoms with E-state index in [0.29, 0.717) is 27.9 Å². The topological polar surface area (TPSA) is 86.2 Å². The van der Waals surface area contributed by atoms with Gasteiger partial charge >= 0.3 is 0 Å². The fourth-order valence-electron chi connectivity index (χ4n) is 4.55. The van der Waals surface area contributed by atoms with Gasteiger partial charge in [-0.15, -0.1) is 0 Å². The number of hydrogen-bond acceptors (Lipinski definition) is 4. The van der Waals surface area contributed by atoms with Crippen LogP contribution in [0, 0.1) is 17.0 Å². The monoisotopic (exact) mass is 484 g/mol. The van der Waals surface area contributed by atoms with Gasteiger partial charge in [0, 0.05) is 23.3 Å². The van der Waals surface area contributed by atoms with Gasteiger partial charge in [-0.25, -0.2) is 0 Å². The van der Waals surface area contributed by atoms with Crippen LogP contribution < -0.4 is 5.73 Å². The molecule has 0 aromatic heterocycles. The number of carbonyl (C=O) groups excluding carboxylic acids is 1. The summed E-state index contributed by atoms with van der Waals surface area (Å²) in [6.07, 6.45) is 0. The summed E-state index contributed by atoms with van der Waals surface area (Å²) in [6, 6.07) is 35.1. The van der Waals surface area contributed by atoms with E-state index in [4.69, 9.17) is 5.73 Å². The van der Waals surface area contributed by atoms with Crippen LogP contribution in [0.25, 0.3) is 33.4 Å². The number of carbonyl (C=O) groups is 1. The number of non-ortho nitro benzene ring substituents is 1. The molecule has 5 nitrogen and oxygen atoms in total. The number of benzene rings is 5. The summed E-state index contributed by atoms with van der Waals surface area (Å²) in [7, 11) is 0. The summed E-state index contributed by atoms with van der Waals surface area (Å²) < 4.78 is 0. The lowest BCUT2D eigenvalue weighted by molar-refractivity contribution is -0.384. The second-order valence-electron chi connectivity index (χ2n) is 8.87. The molecule has 0 unspecified atom stereocenters. The Morgan fingerprint density at radius 2 is 1.24 bits per heavy atom. The summed E-state index contributed by atoms with van der Waals surface area (Å²) in [6.45, 7) is 2.02. The molecular weight excluding hydrogens is 460 g/mol. The zero-order valence-corrected chi connectivity index (χ0v) is 20.2. The fraction of sp³-hybridized carbons (Fsp3) is 0.0312. The predicted molar refractivity (Wildman–Crippen MR) is 148 cm³/mol. The maximum Gasteiger partial charge on any atom is 0.269 e. The summed E-state index contributed by atoms with van der Waals surface area (Å²) in [5.74, 6) is -0.184. The van der Waals surface area contributed by atoms with E-state index in [-0.39, 0.29) is 11.5 Å². The Labute approximate surface area is 215 Å². The molecule has 0 bridgehead atoms. The SMILES string of the molecule is Cc1ccc(-c2cc(-c3ccccc3)c(-c3ccc([N+](=O)[O-])cc3)c(N)c2C(=O)c2ccccc2)cc1. The van der Waals surface area contributed by atoms with Crippen molar-refractivity contribution in [1.82, 2.24) is 0 Å². The summed E-state index contributed by atoms with van der Waals surface area (Å²) in [5.41, 5.74) is 14.0. The van der Waals surface area contributed by atoms with Crippen molar-refractivity contribution in [1.29, 1.82) is 0 Å². The third kappa shape index (κ3) is 4.62. The normalized spacial score (nSPS) is 10.7. The number of ketones is 1. The molecule has 5 aromatic carbocycles. The molecule has 0 aliphatic heterocycles. The first-order valence-corrected chi connectivity index (χ1v) is 11.9. The highest BCUT2D eigenvalue weighted by atomic mass is 16.6. The number of rotatable bonds is 6. The third-order valence-electron chi connectivity index (χ3n) is 6.44. The van der Waals surface area contributed by atoms with Gasteiger partial charge in [0.1, 0.15) is 0 Å². The number of nitro benzene ring substituents is 1. The van der Waals surface area contributed by atoms with Crippen molar-refractivity contribution in [3.8, 4) is 33.4 Å². The van der Waals surface area contributed by atoms with E-state index in [1.807, 2.05) is 85.8 Å². The van der Waals surface area contributed by atoms with Crippen molar-refractivity contribution in [3.05, 3.63) is 142 Å². The highest BCUT2D eigenvalue weighted by Gasteiger charge is 2.25. The van der Waals surface area contributed by atoms with Crippen molar-refractivity contribution >= 4 is 17.2 Å². The fourth-order valence-corrected chi connectivity index (χ4v) is 4.55. The zero-order valence-electron chi connectivity index (χ0n) is 20.2. The smallest absolute Gasteiger partial charge is 0.269 e. The lowest BCUT2D eigenvalue weighted by Crippen LogP contribution is -2.10. The number of nitro groups is 1. The number of nitrogens with zero attached hydrogens (tertiary/aromatic N) is 1. The quantitative estimate of drug-likeness (QED) is 0.116. The number of nitrogens with two attached hydrogens (primary N) is 1. The lowest BCUT2D eigenvalue weighted by atomic mass is 9.83. The molecule has 0 radical (unpaired) electrons. The van der Waals surface area contributed by atoms with Gasteiger partial charge in [-0.1, -0.05) is 90.5 Å². The molecule has 0 spiro atoms. The molecule has 5 rings (SSSR count). The highest BCUT2D eigenvalue weighted by molar-refractivity contribution is 6.19. The molecule has 2 N–H and O–H groups in total. The van der Waals surface area contributed by atoms with E-state index in [9.17, 15) is 14.9 Å². The molecule has 0 heterocycles. The maximum atomic E-state index is 13.9. The molecule has 5 heteroatoms. The Hall–Kier alpha value is -5.03. The minimum absolute atomic E-state index is 0.0135. The van der Waals surface area contributed by atoms with Crippen LogP contribution in [0.3, 0.4) is 0 Å².